The summed E-state index contributed by atoms with van der Waals surface area (Å²) in [6.07, 6.45) is 5.71. The average molecular weight is 394 g/mol. The van der Waals surface area contributed by atoms with Crippen molar-refractivity contribution in [2.75, 3.05) is 10.8 Å². The van der Waals surface area contributed by atoms with Gasteiger partial charge in [-0.2, -0.15) is 17.0 Å². The van der Waals surface area contributed by atoms with Gasteiger partial charge in [-0.15, -0.1) is 0 Å². The van der Waals surface area contributed by atoms with E-state index in [0.717, 1.165) is 16.4 Å². The van der Waals surface area contributed by atoms with Crippen LogP contribution < -0.4 is 0 Å². The normalized spacial score (nSPS) is 10.5. The van der Waals surface area contributed by atoms with Gasteiger partial charge in [0.25, 0.3) is 0 Å². The van der Waals surface area contributed by atoms with Crippen LogP contribution in [0.15, 0.2) is 53.8 Å². The largest absolute Gasteiger partial charge is 0.234 e. The molecule has 2 heterocycles. The Morgan fingerprint density at radius 1 is 1.00 bits per heavy atom. The van der Waals surface area contributed by atoms with E-state index >= 15 is 0 Å². The van der Waals surface area contributed by atoms with Gasteiger partial charge in [-0.1, -0.05) is 55.4 Å². The van der Waals surface area contributed by atoms with Crippen LogP contribution in [-0.2, 0) is 0 Å². The third-order valence-corrected chi connectivity index (χ3v) is 6.01. The molecule has 0 bridgehead atoms. The molecule has 0 atom stereocenters. The second-order valence-electron chi connectivity index (χ2n) is 5.65. The molecule has 27 heavy (non-hydrogen) atoms. The maximum atomic E-state index is 9.78. The minimum absolute atomic E-state index is 0.439. The predicted octanol–water partition coefficient (Wildman–Crippen LogP) is 5.06. The zero-order valence-corrected chi connectivity index (χ0v) is 16.6. The van der Waals surface area contributed by atoms with Gasteiger partial charge in [0.2, 0.25) is 0 Å². The fraction of sp³-hybridized carbons (Fsp3) is 0.250. The molecule has 0 N–H and O–H groups in total. The zero-order valence-electron chi connectivity index (χ0n) is 15.0. The Morgan fingerprint density at radius 2 is 1.78 bits per heavy atom. The smallest absolute Gasteiger partial charge is 0.199 e. The summed E-state index contributed by atoms with van der Waals surface area (Å²) in [7, 11) is 0. The van der Waals surface area contributed by atoms with Gasteiger partial charge in [0.05, 0.1) is 5.69 Å². The van der Waals surface area contributed by atoms with Crippen molar-refractivity contribution in [2.24, 2.45) is 0 Å². The van der Waals surface area contributed by atoms with Crippen molar-refractivity contribution in [1.29, 1.82) is 5.26 Å². The number of unbranched alkanes of at least 4 members (excludes halogenated alkanes) is 1. The number of aromatic nitrogens is 4. The van der Waals surface area contributed by atoms with Gasteiger partial charge in [0.15, 0.2) is 11.6 Å². The van der Waals surface area contributed by atoms with Crippen molar-refractivity contribution in [2.45, 2.75) is 24.8 Å². The molecule has 0 aliphatic carbocycles. The van der Waals surface area contributed by atoms with Crippen molar-refractivity contribution in [3.8, 4) is 29.0 Å². The summed E-state index contributed by atoms with van der Waals surface area (Å²) in [6, 6.07) is 13.8. The summed E-state index contributed by atoms with van der Waals surface area (Å²) < 4.78 is 0. The Hall–Kier alpha value is -2.43. The first-order chi connectivity index (χ1) is 13.3. The van der Waals surface area contributed by atoms with Crippen LogP contribution in [0.5, 0.6) is 0 Å². The fourth-order valence-electron chi connectivity index (χ4n) is 2.37. The Labute approximate surface area is 167 Å². The molecule has 0 spiro atoms. The van der Waals surface area contributed by atoms with Crippen LogP contribution in [0.25, 0.3) is 22.9 Å². The molecule has 3 aromatic rings. The second-order valence-corrected chi connectivity index (χ2v) is 8.08. The second kappa shape index (κ2) is 10.0. The quantitative estimate of drug-likeness (QED) is 0.229. The van der Waals surface area contributed by atoms with Gasteiger partial charge >= 0.3 is 0 Å². The molecule has 7 heteroatoms. The third-order valence-electron chi connectivity index (χ3n) is 3.72. The lowest BCUT2D eigenvalue weighted by Crippen LogP contribution is -2.02. The number of hydrogen-bond acceptors (Lipinski definition) is 7. The van der Waals surface area contributed by atoms with E-state index in [1.165, 1.54) is 12.8 Å². The zero-order chi connectivity index (χ0) is 18.9. The Morgan fingerprint density at radius 3 is 2.48 bits per heavy atom. The molecular weight excluding hydrogens is 374 g/mol. The molecular formula is C20H19N5S2. The number of rotatable bonds is 8. The van der Waals surface area contributed by atoms with E-state index in [1.54, 1.807) is 30.2 Å². The topological polar surface area (TPSA) is 75.3 Å². The predicted molar refractivity (Wildman–Crippen MR) is 111 cm³/mol. The Balaban J connectivity index is 2.01. The number of nitrogens with zero attached hydrogens (tertiary/aromatic N) is 5. The van der Waals surface area contributed by atoms with Gasteiger partial charge in [-0.3, -0.25) is 0 Å². The minimum atomic E-state index is 0.439. The van der Waals surface area contributed by atoms with E-state index in [9.17, 15) is 5.26 Å². The van der Waals surface area contributed by atoms with Crippen molar-refractivity contribution < 1.29 is 0 Å². The van der Waals surface area contributed by atoms with Crippen LogP contribution in [0.3, 0.4) is 0 Å². The number of hydrogen-bond donors (Lipinski definition) is 0. The fourth-order valence-corrected chi connectivity index (χ4v) is 4.55. The summed E-state index contributed by atoms with van der Waals surface area (Å²) >= 11 is 3.43. The van der Waals surface area contributed by atoms with E-state index in [2.05, 4.69) is 32.9 Å². The summed E-state index contributed by atoms with van der Waals surface area (Å²) in [5.74, 6) is 2.01. The Bertz CT molecular complexity index is 911. The van der Waals surface area contributed by atoms with Crippen LogP contribution in [0, 0.1) is 11.3 Å². The molecule has 136 valence electrons. The van der Waals surface area contributed by atoms with E-state index in [-0.39, 0.29) is 0 Å². The molecule has 0 saturated heterocycles. The summed E-state index contributed by atoms with van der Waals surface area (Å²) in [6.45, 7) is 2.18. The maximum Gasteiger partial charge on any atom is 0.199 e. The van der Waals surface area contributed by atoms with E-state index in [0.29, 0.717) is 27.9 Å². The molecule has 0 radical (unpaired) electrons. The Kier molecular flexibility index (Phi) is 7.19. The van der Waals surface area contributed by atoms with E-state index in [1.807, 2.05) is 42.1 Å². The number of benzene rings is 1. The summed E-state index contributed by atoms with van der Waals surface area (Å²) in [5, 5.41) is 11.3. The van der Waals surface area contributed by atoms with Crippen molar-refractivity contribution >= 4 is 23.5 Å². The van der Waals surface area contributed by atoms with Crippen molar-refractivity contribution in [3.63, 3.8) is 0 Å². The maximum absolute atomic E-state index is 9.78. The molecule has 0 saturated carbocycles. The van der Waals surface area contributed by atoms with Crippen molar-refractivity contribution in [3.05, 3.63) is 54.4 Å². The standard InChI is InChI=1S/C20H19N5S2/c1-2-3-12-26-14-27-20-16(13-21)17(15-8-5-4-6-9-15)24-19(25-20)18-22-10-7-11-23-18/h4-11H,2-3,12,14H2,1H3. The number of thioether (sulfide) groups is 2. The van der Waals surface area contributed by atoms with Gasteiger partial charge < -0.3 is 0 Å². The molecule has 3 rings (SSSR count). The lowest BCUT2D eigenvalue weighted by Gasteiger charge is -2.10. The lowest BCUT2D eigenvalue weighted by molar-refractivity contribution is 0.897. The first-order valence-electron chi connectivity index (χ1n) is 8.69. The molecule has 0 fully saturated rings. The average Bonchev–Trinajstić information content (AvgIpc) is 2.74. The van der Waals surface area contributed by atoms with E-state index < -0.39 is 0 Å². The molecule has 0 aliphatic heterocycles. The van der Waals surface area contributed by atoms with Crippen LogP contribution in [0.1, 0.15) is 25.3 Å². The molecule has 1 aromatic carbocycles. The van der Waals surface area contributed by atoms with Crippen molar-refractivity contribution in [1.82, 2.24) is 19.9 Å². The first-order valence-corrected chi connectivity index (χ1v) is 10.8. The molecule has 0 amide bonds. The lowest BCUT2D eigenvalue weighted by atomic mass is 10.1. The first kappa shape index (κ1) is 19.3. The molecule has 0 unspecified atom stereocenters. The highest BCUT2D eigenvalue weighted by molar-refractivity contribution is 8.15. The van der Waals surface area contributed by atoms with Crippen LogP contribution >= 0.6 is 23.5 Å². The number of nitriles is 1. The highest BCUT2D eigenvalue weighted by Crippen LogP contribution is 2.32. The van der Waals surface area contributed by atoms with Gasteiger partial charge in [0, 0.05) is 23.0 Å². The third kappa shape index (κ3) is 5.06. The SMILES string of the molecule is CCCCSCSc1nc(-c2ncccn2)nc(-c2ccccc2)c1C#N. The van der Waals surface area contributed by atoms with E-state index in [4.69, 9.17) is 0 Å². The van der Waals surface area contributed by atoms with Crippen LogP contribution in [-0.4, -0.2) is 30.8 Å². The highest BCUT2D eigenvalue weighted by atomic mass is 32.2. The summed E-state index contributed by atoms with van der Waals surface area (Å²) in [5.41, 5.74) is 2.01. The monoisotopic (exact) mass is 393 g/mol. The van der Waals surface area contributed by atoms with Gasteiger partial charge in [0.1, 0.15) is 16.7 Å². The molecule has 0 aliphatic rings. The summed E-state index contributed by atoms with van der Waals surface area (Å²) in [4.78, 5) is 17.8. The van der Waals surface area contributed by atoms with Crippen LogP contribution in [0.2, 0.25) is 0 Å². The van der Waals surface area contributed by atoms with Gasteiger partial charge in [-0.25, -0.2) is 19.9 Å². The van der Waals surface area contributed by atoms with Crippen LogP contribution in [0.4, 0.5) is 0 Å². The highest BCUT2D eigenvalue weighted by Gasteiger charge is 2.18. The molecule has 5 nitrogen and oxygen atoms in total. The molecule has 2 aromatic heterocycles. The van der Waals surface area contributed by atoms with Gasteiger partial charge in [-0.05, 0) is 18.2 Å². The minimum Gasteiger partial charge on any atom is -0.234 e.